The van der Waals surface area contributed by atoms with Gasteiger partial charge in [0.25, 0.3) is 0 Å². The molecule has 0 unspecified atom stereocenters. The summed E-state index contributed by atoms with van der Waals surface area (Å²) in [6.45, 7) is 0. The Morgan fingerprint density at radius 1 is 1.17 bits per heavy atom. The van der Waals surface area contributed by atoms with E-state index in [1.165, 1.54) is 6.21 Å². The Balaban J connectivity index is 2.09. The second kappa shape index (κ2) is 6.54. The lowest BCUT2D eigenvalue weighted by atomic mass is 10.0. The molecule has 0 bridgehead atoms. The van der Waals surface area contributed by atoms with Crippen molar-refractivity contribution in [2.45, 2.75) is 6.42 Å². The number of hydrogen-bond acceptors (Lipinski definition) is 5. The fourth-order valence-electron chi connectivity index (χ4n) is 2.64. The van der Waals surface area contributed by atoms with Crippen LogP contribution >= 0.6 is 0 Å². The van der Waals surface area contributed by atoms with Crippen molar-refractivity contribution in [2.24, 2.45) is 0 Å². The standard InChI is InChI=1S/C18H18N4O2/c1-23-16-4-3-11(8-17(16)24-2)12-7-13-14(15(20)5-6-19)10-22-18(13)21-9-12/h3-4,6-10,19-20H,5H2,1-2H3,(H,21,22). The molecule has 0 spiro atoms. The highest BCUT2D eigenvalue weighted by atomic mass is 16.5. The number of aromatic nitrogens is 2. The van der Waals surface area contributed by atoms with Gasteiger partial charge in [0.1, 0.15) is 5.65 Å². The van der Waals surface area contributed by atoms with Crippen LogP contribution in [0.1, 0.15) is 12.0 Å². The van der Waals surface area contributed by atoms with Crippen LogP contribution < -0.4 is 9.47 Å². The van der Waals surface area contributed by atoms with Crippen molar-refractivity contribution in [2.75, 3.05) is 14.2 Å². The summed E-state index contributed by atoms with van der Waals surface area (Å²) in [5.41, 5.74) is 3.76. The molecule has 1 aromatic carbocycles. The molecule has 2 heterocycles. The topological polar surface area (TPSA) is 94.8 Å². The van der Waals surface area contributed by atoms with Gasteiger partial charge in [-0.05, 0) is 23.8 Å². The largest absolute Gasteiger partial charge is 0.493 e. The van der Waals surface area contributed by atoms with Crippen LogP contribution in [0.25, 0.3) is 22.2 Å². The third-order valence-corrected chi connectivity index (χ3v) is 3.88. The molecule has 0 amide bonds. The second-order valence-electron chi connectivity index (χ2n) is 5.28. The molecule has 6 heteroatoms. The van der Waals surface area contributed by atoms with Crippen LogP contribution in [-0.2, 0) is 0 Å². The third kappa shape index (κ3) is 2.74. The van der Waals surface area contributed by atoms with Crippen molar-refractivity contribution >= 4 is 23.0 Å². The van der Waals surface area contributed by atoms with Gasteiger partial charge in [-0.3, -0.25) is 0 Å². The van der Waals surface area contributed by atoms with Crippen LogP contribution in [0, 0.1) is 10.8 Å². The number of nitrogens with zero attached hydrogens (tertiary/aromatic N) is 1. The number of aromatic amines is 1. The highest BCUT2D eigenvalue weighted by Crippen LogP contribution is 2.33. The molecule has 3 aromatic rings. The minimum absolute atomic E-state index is 0.299. The molecule has 0 saturated carbocycles. The molecule has 0 aliphatic carbocycles. The number of benzene rings is 1. The quantitative estimate of drug-likeness (QED) is 0.604. The van der Waals surface area contributed by atoms with Crippen molar-refractivity contribution in [3.63, 3.8) is 0 Å². The van der Waals surface area contributed by atoms with Gasteiger partial charge >= 0.3 is 0 Å². The fourth-order valence-corrected chi connectivity index (χ4v) is 2.64. The SMILES string of the molecule is COc1ccc(-c2cnc3[nH]cc(C(=N)CC=N)c3c2)cc1OC. The predicted molar refractivity (Wildman–Crippen MR) is 94.9 cm³/mol. The summed E-state index contributed by atoms with van der Waals surface area (Å²) < 4.78 is 10.6. The Morgan fingerprint density at radius 2 is 1.96 bits per heavy atom. The first-order valence-electron chi connectivity index (χ1n) is 7.44. The molecule has 0 saturated heterocycles. The van der Waals surface area contributed by atoms with Crippen LogP contribution in [0.2, 0.25) is 0 Å². The van der Waals surface area contributed by atoms with Gasteiger partial charge < -0.3 is 25.3 Å². The number of H-pyrrole nitrogens is 1. The first-order chi connectivity index (χ1) is 11.7. The highest BCUT2D eigenvalue weighted by Gasteiger charge is 2.12. The van der Waals surface area contributed by atoms with Crippen molar-refractivity contribution in [1.29, 1.82) is 10.8 Å². The zero-order chi connectivity index (χ0) is 17.1. The van der Waals surface area contributed by atoms with Gasteiger partial charge in [-0.1, -0.05) is 6.07 Å². The second-order valence-corrected chi connectivity index (χ2v) is 5.28. The Hall–Kier alpha value is -3.15. The number of nitrogens with one attached hydrogen (secondary N) is 3. The molecule has 3 N–H and O–H groups in total. The predicted octanol–water partition coefficient (Wildman–Crippen LogP) is 3.65. The van der Waals surface area contributed by atoms with Crippen LogP contribution in [0.15, 0.2) is 36.7 Å². The van der Waals surface area contributed by atoms with Crippen LogP contribution in [0.4, 0.5) is 0 Å². The van der Waals surface area contributed by atoms with Gasteiger partial charge in [0.2, 0.25) is 0 Å². The molecule has 6 nitrogen and oxygen atoms in total. The molecule has 0 radical (unpaired) electrons. The van der Waals surface area contributed by atoms with Gasteiger partial charge in [0, 0.05) is 47.3 Å². The smallest absolute Gasteiger partial charge is 0.161 e. The maximum Gasteiger partial charge on any atom is 0.161 e. The summed E-state index contributed by atoms with van der Waals surface area (Å²) in [6, 6.07) is 7.69. The van der Waals surface area contributed by atoms with E-state index in [1.54, 1.807) is 26.6 Å². The van der Waals surface area contributed by atoms with E-state index in [0.717, 1.165) is 27.7 Å². The molecule has 0 aliphatic heterocycles. The van der Waals surface area contributed by atoms with E-state index in [2.05, 4.69) is 9.97 Å². The number of hydrogen-bond donors (Lipinski definition) is 3. The van der Waals surface area contributed by atoms with Gasteiger partial charge in [-0.25, -0.2) is 4.98 Å². The Bertz CT molecular complexity index is 915. The van der Waals surface area contributed by atoms with Crippen LogP contribution in [-0.4, -0.2) is 36.1 Å². The molecule has 0 fully saturated rings. The molecule has 3 rings (SSSR count). The van der Waals surface area contributed by atoms with E-state index in [4.69, 9.17) is 20.3 Å². The first-order valence-corrected chi connectivity index (χ1v) is 7.44. The highest BCUT2D eigenvalue weighted by molar-refractivity contribution is 6.12. The zero-order valence-corrected chi connectivity index (χ0v) is 13.5. The van der Waals surface area contributed by atoms with Crippen molar-refractivity contribution < 1.29 is 9.47 Å². The van der Waals surface area contributed by atoms with E-state index in [0.29, 0.717) is 23.6 Å². The van der Waals surface area contributed by atoms with E-state index < -0.39 is 0 Å². The summed E-state index contributed by atoms with van der Waals surface area (Å²) in [4.78, 5) is 7.51. The number of fused-ring (bicyclic) bond motifs is 1. The number of pyridine rings is 1. The average Bonchev–Trinajstić information content (AvgIpc) is 3.04. The molecule has 122 valence electrons. The van der Waals surface area contributed by atoms with Gasteiger partial charge in [-0.15, -0.1) is 0 Å². The summed E-state index contributed by atoms with van der Waals surface area (Å²) in [7, 11) is 3.21. The summed E-state index contributed by atoms with van der Waals surface area (Å²) in [5, 5.41) is 16.1. The minimum atomic E-state index is 0.299. The van der Waals surface area contributed by atoms with E-state index in [-0.39, 0.29) is 0 Å². The summed E-state index contributed by atoms with van der Waals surface area (Å²) in [6.07, 6.45) is 5.08. The van der Waals surface area contributed by atoms with E-state index in [1.807, 2.05) is 24.3 Å². The van der Waals surface area contributed by atoms with E-state index >= 15 is 0 Å². The molecular formula is C18H18N4O2. The Morgan fingerprint density at radius 3 is 2.67 bits per heavy atom. The lowest BCUT2D eigenvalue weighted by molar-refractivity contribution is 0.355. The van der Waals surface area contributed by atoms with Gasteiger partial charge in [0.15, 0.2) is 11.5 Å². The fraction of sp³-hybridized carbons (Fsp3) is 0.167. The van der Waals surface area contributed by atoms with Crippen molar-refractivity contribution in [3.8, 4) is 22.6 Å². The molecule has 24 heavy (non-hydrogen) atoms. The molecule has 0 atom stereocenters. The third-order valence-electron chi connectivity index (χ3n) is 3.88. The van der Waals surface area contributed by atoms with Crippen LogP contribution in [0.5, 0.6) is 11.5 Å². The normalized spacial score (nSPS) is 10.6. The van der Waals surface area contributed by atoms with E-state index in [9.17, 15) is 0 Å². The number of rotatable bonds is 6. The number of methoxy groups -OCH3 is 2. The monoisotopic (exact) mass is 322 g/mol. The lowest BCUT2D eigenvalue weighted by Crippen LogP contribution is -1.98. The molecule has 2 aromatic heterocycles. The maximum absolute atomic E-state index is 8.08. The summed E-state index contributed by atoms with van der Waals surface area (Å²) >= 11 is 0. The number of ether oxygens (including phenoxy) is 2. The van der Waals surface area contributed by atoms with Crippen molar-refractivity contribution in [3.05, 3.63) is 42.2 Å². The average molecular weight is 322 g/mol. The van der Waals surface area contributed by atoms with Crippen molar-refractivity contribution in [1.82, 2.24) is 9.97 Å². The van der Waals surface area contributed by atoms with Gasteiger partial charge in [-0.2, -0.15) is 0 Å². The zero-order valence-electron chi connectivity index (χ0n) is 13.5. The molecular weight excluding hydrogens is 304 g/mol. The Kier molecular flexibility index (Phi) is 4.29. The Labute approximate surface area is 139 Å². The van der Waals surface area contributed by atoms with Crippen LogP contribution in [0.3, 0.4) is 0 Å². The molecule has 0 aliphatic rings. The van der Waals surface area contributed by atoms with Gasteiger partial charge in [0.05, 0.1) is 14.2 Å². The maximum atomic E-state index is 8.08. The lowest BCUT2D eigenvalue weighted by Gasteiger charge is -2.10. The summed E-state index contributed by atoms with van der Waals surface area (Å²) in [5.74, 6) is 1.33. The first kappa shape index (κ1) is 15.7. The minimum Gasteiger partial charge on any atom is -0.493 e.